The summed E-state index contributed by atoms with van der Waals surface area (Å²) in [5.41, 5.74) is 0.0131. The Balaban J connectivity index is 2.29. The van der Waals surface area contributed by atoms with E-state index in [-0.39, 0.29) is 10.5 Å². The van der Waals surface area contributed by atoms with Gasteiger partial charge in [0.05, 0.1) is 10.6 Å². The molecule has 0 atom stereocenters. The number of halogens is 1. The minimum atomic E-state index is -3.64. The highest BCUT2D eigenvalue weighted by molar-refractivity contribution is 9.10. The summed E-state index contributed by atoms with van der Waals surface area (Å²) in [6.45, 7) is 0. The Bertz CT molecular complexity index is 687. The molecule has 0 bridgehead atoms. The van der Waals surface area contributed by atoms with E-state index in [0.717, 1.165) is 4.47 Å². The summed E-state index contributed by atoms with van der Waals surface area (Å²) in [5, 5.41) is 0. The van der Waals surface area contributed by atoms with Gasteiger partial charge in [0.2, 0.25) is 5.56 Å². The molecule has 0 aliphatic rings. The van der Waals surface area contributed by atoms with Crippen molar-refractivity contribution in [1.82, 2.24) is 4.98 Å². The summed E-state index contributed by atoms with van der Waals surface area (Å²) in [5.74, 6) is 0. The summed E-state index contributed by atoms with van der Waals surface area (Å²) in [7, 11) is -3.64. The Morgan fingerprint density at radius 1 is 1.06 bits per heavy atom. The van der Waals surface area contributed by atoms with Gasteiger partial charge in [0.15, 0.2) is 0 Å². The van der Waals surface area contributed by atoms with E-state index in [4.69, 9.17) is 0 Å². The topological polar surface area (TPSA) is 79.0 Å². The first-order valence-corrected chi connectivity index (χ1v) is 7.22. The predicted molar refractivity (Wildman–Crippen MR) is 72.0 cm³/mol. The maximum Gasteiger partial charge on any atom is 0.261 e. The highest BCUT2D eigenvalue weighted by Crippen LogP contribution is 2.17. The SMILES string of the molecule is O=c1ccc(NS(=O)(=O)c2ccc(Br)cc2)c[nH]1. The van der Waals surface area contributed by atoms with Crippen molar-refractivity contribution in [1.29, 1.82) is 0 Å². The van der Waals surface area contributed by atoms with E-state index in [0.29, 0.717) is 5.69 Å². The Hall–Kier alpha value is -1.60. The number of rotatable bonds is 3. The number of aromatic nitrogens is 1. The number of hydrogen-bond donors (Lipinski definition) is 2. The number of sulfonamides is 1. The lowest BCUT2D eigenvalue weighted by Gasteiger charge is -2.07. The normalized spacial score (nSPS) is 11.2. The van der Waals surface area contributed by atoms with Crippen LogP contribution in [0.4, 0.5) is 5.69 Å². The van der Waals surface area contributed by atoms with Crippen LogP contribution in [0.2, 0.25) is 0 Å². The van der Waals surface area contributed by atoms with Gasteiger partial charge in [-0.1, -0.05) is 15.9 Å². The van der Waals surface area contributed by atoms with Crippen molar-refractivity contribution in [3.05, 3.63) is 57.4 Å². The highest BCUT2D eigenvalue weighted by atomic mass is 79.9. The lowest BCUT2D eigenvalue weighted by molar-refractivity contribution is 0.601. The van der Waals surface area contributed by atoms with Gasteiger partial charge in [-0.2, -0.15) is 0 Å². The van der Waals surface area contributed by atoms with E-state index in [2.05, 4.69) is 25.6 Å². The maximum atomic E-state index is 12.0. The quantitative estimate of drug-likeness (QED) is 0.903. The molecule has 18 heavy (non-hydrogen) atoms. The number of aromatic amines is 1. The van der Waals surface area contributed by atoms with Gasteiger partial charge in [-0.3, -0.25) is 9.52 Å². The third-order valence-corrected chi connectivity index (χ3v) is 4.09. The molecular formula is C11H9BrN2O3S. The van der Waals surface area contributed by atoms with E-state index >= 15 is 0 Å². The summed E-state index contributed by atoms with van der Waals surface area (Å²) >= 11 is 3.23. The fourth-order valence-electron chi connectivity index (χ4n) is 1.30. The Morgan fingerprint density at radius 2 is 1.72 bits per heavy atom. The van der Waals surface area contributed by atoms with Crippen molar-refractivity contribution in [2.24, 2.45) is 0 Å². The number of benzene rings is 1. The van der Waals surface area contributed by atoms with E-state index in [1.165, 1.54) is 30.5 Å². The molecule has 94 valence electrons. The van der Waals surface area contributed by atoms with Crippen molar-refractivity contribution in [3.8, 4) is 0 Å². The Kier molecular flexibility index (Phi) is 3.53. The second-order valence-electron chi connectivity index (χ2n) is 3.50. The van der Waals surface area contributed by atoms with Crippen LogP contribution in [0.5, 0.6) is 0 Å². The van der Waals surface area contributed by atoms with Crippen molar-refractivity contribution in [3.63, 3.8) is 0 Å². The maximum absolute atomic E-state index is 12.0. The van der Waals surface area contributed by atoms with Crippen LogP contribution in [0.25, 0.3) is 0 Å². The second kappa shape index (κ2) is 4.95. The van der Waals surface area contributed by atoms with E-state index < -0.39 is 10.0 Å². The lowest BCUT2D eigenvalue weighted by atomic mass is 10.4. The molecule has 0 aliphatic carbocycles. The standard InChI is InChI=1S/C11H9BrN2O3S/c12-8-1-4-10(5-2-8)18(16,17)14-9-3-6-11(15)13-7-9/h1-7,14H,(H,13,15). The first kappa shape index (κ1) is 12.8. The molecule has 0 saturated carbocycles. The molecular weight excluding hydrogens is 320 g/mol. The van der Waals surface area contributed by atoms with Gasteiger partial charge < -0.3 is 4.98 Å². The number of anilines is 1. The summed E-state index contributed by atoms with van der Waals surface area (Å²) in [6.07, 6.45) is 1.30. The zero-order valence-corrected chi connectivity index (χ0v) is 11.5. The van der Waals surface area contributed by atoms with E-state index in [1.54, 1.807) is 12.1 Å². The smallest absolute Gasteiger partial charge is 0.261 e. The van der Waals surface area contributed by atoms with Crippen molar-refractivity contribution < 1.29 is 8.42 Å². The van der Waals surface area contributed by atoms with Crippen LogP contribution >= 0.6 is 15.9 Å². The molecule has 2 rings (SSSR count). The minimum Gasteiger partial charge on any atom is -0.327 e. The zero-order chi connectivity index (χ0) is 13.2. The minimum absolute atomic E-state index is 0.150. The molecule has 0 saturated heterocycles. The fourth-order valence-corrected chi connectivity index (χ4v) is 2.62. The van der Waals surface area contributed by atoms with Crippen LogP contribution in [-0.2, 0) is 10.0 Å². The van der Waals surface area contributed by atoms with Gasteiger partial charge in [-0.15, -0.1) is 0 Å². The molecule has 2 aromatic rings. The van der Waals surface area contributed by atoms with Crippen LogP contribution in [0.1, 0.15) is 0 Å². The number of pyridine rings is 1. The third kappa shape index (κ3) is 2.99. The first-order chi connectivity index (χ1) is 8.47. The van der Waals surface area contributed by atoms with Crippen LogP contribution in [0.3, 0.4) is 0 Å². The predicted octanol–water partition coefficient (Wildman–Crippen LogP) is 1.94. The van der Waals surface area contributed by atoms with Crippen molar-refractivity contribution in [2.45, 2.75) is 4.90 Å². The van der Waals surface area contributed by atoms with E-state index in [9.17, 15) is 13.2 Å². The Morgan fingerprint density at radius 3 is 2.28 bits per heavy atom. The molecule has 0 unspecified atom stereocenters. The molecule has 2 N–H and O–H groups in total. The van der Waals surface area contributed by atoms with Gasteiger partial charge in [0.25, 0.3) is 10.0 Å². The molecule has 1 aromatic heterocycles. The molecule has 0 radical (unpaired) electrons. The van der Waals surface area contributed by atoms with Gasteiger partial charge in [-0.25, -0.2) is 8.42 Å². The number of H-pyrrole nitrogens is 1. The Labute approximate surface area is 112 Å². The summed E-state index contributed by atoms with van der Waals surface area (Å²) in [4.78, 5) is 13.4. The van der Waals surface area contributed by atoms with Gasteiger partial charge in [0.1, 0.15) is 0 Å². The fraction of sp³-hybridized carbons (Fsp3) is 0. The highest BCUT2D eigenvalue weighted by Gasteiger charge is 2.13. The average molecular weight is 329 g/mol. The van der Waals surface area contributed by atoms with Gasteiger partial charge in [0, 0.05) is 16.7 Å². The average Bonchev–Trinajstić information content (AvgIpc) is 2.32. The molecule has 7 heteroatoms. The molecule has 0 spiro atoms. The largest absolute Gasteiger partial charge is 0.327 e. The summed E-state index contributed by atoms with van der Waals surface area (Å²) in [6, 6.07) is 8.90. The molecule has 0 amide bonds. The van der Waals surface area contributed by atoms with Gasteiger partial charge in [-0.05, 0) is 30.3 Å². The second-order valence-corrected chi connectivity index (χ2v) is 6.10. The lowest BCUT2D eigenvalue weighted by Crippen LogP contribution is -2.14. The molecule has 1 heterocycles. The van der Waals surface area contributed by atoms with Crippen LogP contribution in [-0.4, -0.2) is 13.4 Å². The van der Waals surface area contributed by atoms with Crippen molar-refractivity contribution in [2.75, 3.05) is 4.72 Å². The molecule has 1 aromatic carbocycles. The van der Waals surface area contributed by atoms with Gasteiger partial charge >= 0.3 is 0 Å². The van der Waals surface area contributed by atoms with Crippen molar-refractivity contribution >= 4 is 31.6 Å². The number of nitrogens with one attached hydrogen (secondary N) is 2. The van der Waals surface area contributed by atoms with Crippen LogP contribution in [0.15, 0.2) is 56.8 Å². The first-order valence-electron chi connectivity index (χ1n) is 4.94. The van der Waals surface area contributed by atoms with Crippen LogP contribution < -0.4 is 10.3 Å². The summed E-state index contributed by atoms with van der Waals surface area (Å²) < 4.78 is 27.1. The zero-order valence-electron chi connectivity index (χ0n) is 9.05. The molecule has 0 fully saturated rings. The van der Waals surface area contributed by atoms with Crippen LogP contribution in [0, 0.1) is 0 Å². The molecule has 5 nitrogen and oxygen atoms in total. The number of hydrogen-bond acceptors (Lipinski definition) is 3. The van der Waals surface area contributed by atoms with E-state index in [1.807, 2.05) is 0 Å². The molecule has 0 aliphatic heterocycles. The third-order valence-electron chi connectivity index (χ3n) is 2.16. The monoisotopic (exact) mass is 328 g/mol.